The van der Waals surface area contributed by atoms with Crippen LogP contribution in [0.4, 0.5) is 0 Å². The standard InChI is InChI=1S/C19H36O2/c1-15(2)9-7-10-16(3)13-19(21-6)14-17(4)11-8-12-18(5)20/h11,15-16,19H,7-10,12-14H2,1-6H3/b17-11+. The molecule has 2 unspecified atom stereocenters. The van der Waals surface area contributed by atoms with Gasteiger partial charge in [-0.25, -0.2) is 0 Å². The van der Waals surface area contributed by atoms with E-state index in [2.05, 4.69) is 33.8 Å². The molecule has 0 fully saturated rings. The molecule has 0 aromatic heterocycles. The molecule has 0 rings (SSSR count). The number of carbonyl (C=O) groups is 1. The van der Waals surface area contributed by atoms with E-state index in [1.165, 1.54) is 24.8 Å². The molecule has 124 valence electrons. The van der Waals surface area contributed by atoms with E-state index in [-0.39, 0.29) is 5.78 Å². The van der Waals surface area contributed by atoms with Crippen LogP contribution in [0.25, 0.3) is 0 Å². The molecular weight excluding hydrogens is 260 g/mol. The Balaban J connectivity index is 4.05. The van der Waals surface area contributed by atoms with Gasteiger partial charge >= 0.3 is 0 Å². The van der Waals surface area contributed by atoms with Crippen LogP contribution in [0.2, 0.25) is 0 Å². The van der Waals surface area contributed by atoms with Gasteiger partial charge in [-0.3, -0.25) is 0 Å². The molecule has 0 bridgehead atoms. The Labute approximate surface area is 132 Å². The summed E-state index contributed by atoms with van der Waals surface area (Å²) in [6.45, 7) is 10.7. The summed E-state index contributed by atoms with van der Waals surface area (Å²) in [4.78, 5) is 10.9. The van der Waals surface area contributed by atoms with Gasteiger partial charge in [-0.2, -0.15) is 0 Å². The molecule has 0 aromatic carbocycles. The minimum atomic E-state index is 0.265. The van der Waals surface area contributed by atoms with Crippen molar-refractivity contribution in [1.29, 1.82) is 0 Å². The molecule has 0 aliphatic rings. The minimum Gasteiger partial charge on any atom is -0.381 e. The van der Waals surface area contributed by atoms with Crippen molar-refractivity contribution in [2.45, 2.75) is 85.7 Å². The number of ether oxygens (including phenoxy) is 1. The first-order valence-corrected chi connectivity index (χ1v) is 8.53. The molecular formula is C19H36O2. The van der Waals surface area contributed by atoms with Gasteiger partial charge in [0.2, 0.25) is 0 Å². The zero-order valence-corrected chi connectivity index (χ0v) is 15.1. The fourth-order valence-electron chi connectivity index (χ4n) is 2.67. The van der Waals surface area contributed by atoms with Gasteiger partial charge in [-0.1, -0.05) is 51.7 Å². The highest BCUT2D eigenvalue weighted by Gasteiger charge is 2.13. The average molecular weight is 296 g/mol. The third-order valence-corrected chi connectivity index (χ3v) is 4.02. The van der Waals surface area contributed by atoms with Gasteiger partial charge < -0.3 is 9.53 Å². The topological polar surface area (TPSA) is 26.3 Å². The molecule has 0 saturated carbocycles. The van der Waals surface area contributed by atoms with Crippen LogP contribution in [0.5, 0.6) is 0 Å². The average Bonchev–Trinajstić information content (AvgIpc) is 2.36. The Morgan fingerprint density at radius 1 is 1.14 bits per heavy atom. The Morgan fingerprint density at radius 3 is 2.33 bits per heavy atom. The summed E-state index contributed by atoms with van der Waals surface area (Å²) >= 11 is 0. The predicted molar refractivity (Wildman–Crippen MR) is 91.6 cm³/mol. The third kappa shape index (κ3) is 12.8. The van der Waals surface area contributed by atoms with Crippen molar-refractivity contribution >= 4 is 5.78 Å². The van der Waals surface area contributed by atoms with E-state index in [1.54, 1.807) is 6.92 Å². The second-order valence-corrected chi connectivity index (χ2v) is 7.02. The second kappa shape index (κ2) is 12.0. The highest BCUT2D eigenvalue weighted by atomic mass is 16.5. The van der Waals surface area contributed by atoms with Gasteiger partial charge in [0.1, 0.15) is 5.78 Å². The van der Waals surface area contributed by atoms with Crippen molar-refractivity contribution in [3.8, 4) is 0 Å². The van der Waals surface area contributed by atoms with Crippen molar-refractivity contribution in [1.82, 2.24) is 0 Å². The first kappa shape index (κ1) is 20.4. The van der Waals surface area contributed by atoms with E-state index < -0.39 is 0 Å². The first-order valence-electron chi connectivity index (χ1n) is 8.53. The van der Waals surface area contributed by atoms with Crippen molar-refractivity contribution < 1.29 is 9.53 Å². The molecule has 0 aromatic rings. The van der Waals surface area contributed by atoms with Gasteiger partial charge in [-0.05, 0) is 44.9 Å². The number of hydrogen-bond acceptors (Lipinski definition) is 2. The zero-order chi connectivity index (χ0) is 16.3. The third-order valence-electron chi connectivity index (χ3n) is 4.02. The smallest absolute Gasteiger partial charge is 0.130 e. The lowest BCUT2D eigenvalue weighted by molar-refractivity contribution is -0.116. The summed E-state index contributed by atoms with van der Waals surface area (Å²) in [6, 6.07) is 0. The second-order valence-electron chi connectivity index (χ2n) is 7.02. The summed E-state index contributed by atoms with van der Waals surface area (Å²) in [6.07, 6.45) is 10.1. The predicted octanol–water partition coefficient (Wildman–Crippen LogP) is 5.56. The van der Waals surface area contributed by atoms with Crippen LogP contribution in [0.1, 0.15) is 79.6 Å². The van der Waals surface area contributed by atoms with Crippen molar-refractivity contribution in [3.05, 3.63) is 11.6 Å². The number of methoxy groups -OCH3 is 1. The molecule has 2 heteroatoms. The van der Waals surface area contributed by atoms with E-state index in [9.17, 15) is 4.79 Å². The van der Waals surface area contributed by atoms with E-state index in [0.717, 1.165) is 31.1 Å². The Morgan fingerprint density at radius 2 is 1.81 bits per heavy atom. The van der Waals surface area contributed by atoms with Gasteiger partial charge in [0, 0.05) is 13.5 Å². The molecule has 2 atom stereocenters. The summed E-state index contributed by atoms with van der Waals surface area (Å²) < 4.78 is 5.64. The molecule has 21 heavy (non-hydrogen) atoms. The fourth-order valence-corrected chi connectivity index (χ4v) is 2.67. The van der Waals surface area contributed by atoms with Crippen LogP contribution >= 0.6 is 0 Å². The molecule has 0 heterocycles. The molecule has 0 aliphatic carbocycles. The lowest BCUT2D eigenvalue weighted by atomic mass is 9.93. The summed E-state index contributed by atoms with van der Waals surface area (Å²) in [5.41, 5.74) is 1.34. The monoisotopic (exact) mass is 296 g/mol. The summed E-state index contributed by atoms with van der Waals surface area (Å²) in [5.74, 6) is 1.79. The number of ketones is 1. The fraction of sp³-hybridized carbons (Fsp3) is 0.842. The SMILES string of the molecule is COC(C/C(C)=C/CCC(C)=O)CC(C)CCCC(C)C. The molecule has 0 N–H and O–H groups in total. The Hall–Kier alpha value is -0.630. The van der Waals surface area contributed by atoms with E-state index in [1.807, 2.05) is 7.11 Å². The van der Waals surface area contributed by atoms with Crippen LogP contribution in [0, 0.1) is 11.8 Å². The van der Waals surface area contributed by atoms with Gasteiger partial charge in [-0.15, -0.1) is 0 Å². The lowest BCUT2D eigenvalue weighted by Gasteiger charge is -2.20. The Bertz CT molecular complexity index is 305. The molecule has 0 amide bonds. The molecule has 0 spiro atoms. The number of Topliss-reactive ketones (excluding diaryl/α,β-unsaturated/α-hetero) is 1. The largest absolute Gasteiger partial charge is 0.381 e. The van der Waals surface area contributed by atoms with Crippen LogP contribution in [0.15, 0.2) is 11.6 Å². The highest BCUT2D eigenvalue weighted by molar-refractivity contribution is 5.75. The van der Waals surface area contributed by atoms with Gasteiger partial charge in [0.15, 0.2) is 0 Å². The van der Waals surface area contributed by atoms with Crippen molar-refractivity contribution in [2.75, 3.05) is 7.11 Å². The maximum Gasteiger partial charge on any atom is 0.130 e. The van der Waals surface area contributed by atoms with Gasteiger partial charge in [0.25, 0.3) is 0 Å². The van der Waals surface area contributed by atoms with E-state index >= 15 is 0 Å². The van der Waals surface area contributed by atoms with Crippen molar-refractivity contribution in [2.24, 2.45) is 11.8 Å². The zero-order valence-electron chi connectivity index (χ0n) is 15.1. The molecule has 2 nitrogen and oxygen atoms in total. The van der Waals surface area contributed by atoms with Crippen LogP contribution in [0.3, 0.4) is 0 Å². The quantitative estimate of drug-likeness (QED) is 0.441. The number of hydrogen-bond donors (Lipinski definition) is 0. The minimum absolute atomic E-state index is 0.265. The molecule has 0 aliphatic heterocycles. The molecule has 0 radical (unpaired) electrons. The van der Waals surface area contributed by atoms with Crippen LogP contribution in [-0.4, -0.2) is 19.0 Å². The maximum atomic E-state index is 10.9. The van der Waals surface area contributed by atoms with Crippen LogP contribution < -0.4 is 0 Å². The highest BCUT2D eigenvalue weighted by Crippen LogP contribution is 2.21. The first-order chi connectivity index (χ1) is 9.85. The van der Waals surface area contributed by atoms with Crippen molar-refractivity contribution in [3.63, 3.8) is 0 Å². The normalized spacial score (nSPS) is 15.3. The van der Waals surface area contributed by atoms with E-state index in [0.29, 0.717) is 12.5 Å². The molecule has 0 saturated heterocycles. The lowest BCUT2D eigenvalue weighted by Crippen LogP contribution is -2.15. The van der Waals surface area contributed by atoms with Crippen LogP contribution in [-0.2, 0) is 9.53 Å². The maximum absolute atomic E-state index is 10.9. The summed E-state index contributed by atoms with van der Waals surface area (Å²) in [7, 11) is 1.81. The summed E-state index contributed by atoms with van der Waals surface area (Å²) in [5, 5.41) is 0. The number of allylic oxidation sites excluding steroid dienone is 1. The number of carbonyl (C=O) groups excluding carboxylic acids is 1. The Kier molecular flexibility index (Phi) is 11.6. The van der Waals surface area contributed by atoms with Gasteiger partial charge in [0.05, 0.1) is 6.10 Å². The number of rotatable bonds is 12. The van der Waals surface area contributed by atoms with E-state index in [4.69, 9.17) is 4.74 Å².